The van der Waals surface area contributed by atoms with Crippen molar-refractivity contribution in [3.8, 4) is 0 Å². The first-order valence-corrected chi connectivity index (χ1v) is 10.7. The molecule has 1 fully saturated rings. The van der Waals surface area contributed by atoms with Gasteiger partial charge in [-0.3, -0.25) is 23.4 Å². The van der Waals surface area contributed by atoms with Crippen molar-refractivity contribution in [1.82, 2.24) is 24.2 Å². The number of carbonyl (C=O) groups is 1. The van der Waals surface area contributed by atoms with Crippen molar-refractivity contribution in [3.05, 3.63) is 62.2 Å². The lowest BCUT2D eigenvalue weighted by Gasteiger charge is -2.14. The summed E-state index contributed by atoms with van der Waals surface area (Å²) in [6.07, 6.45) is 1.83. The number of aryl methyl sites for hydroxylation is 2. The van der Waals surface area contributed by atoms with Crippen LogP contribution in [0.4, 0.5) is 4.39 Å². The van der Waals surface area contributed by atoms with Gasteiger partial charge in [-0.15, -0.1) is 0 Å². The zero-order valence-corrected chi connectivity index (χ0v) is 18.1. The highest BCUT2D eigenvalue weighted by Crippen LogP contribution is 2.14. The normalized spacial score (nSPS) is 16.0. The Labute approximate surface area is 183 Å². The molecular weight excluding hydrogens is 417 g/mol. The van der Waals surface area contributed by atoms with Crippen molar-refractivity contribution in [3.63, 3.8) is 0 Å². The van der Waals surface area contributed by atoms with Gasteiger partial charge in [0.15, 0.2) is 5.52 Å². The SMILES string of the molecule is CCn1nc(C)c2c1c(=O)n(Cc1ccc(F)cc1)c(=O)n2CC(=O)NCC1CCCO1. The molecule has 3 aromatic rings. The fourth-order valence-corrected chi connectivity index (χ4v) is 4.08. The van der Waals surface area contributed by atoms with Crippen LogP contribution >= 0.6 is 0 Å². The Balaban J connectivity index is 1.75. The van der Waals surface area contributed by atoms with E-state index in [-0.39, 0.29) is 30.6 Å². The van der Waals surface area contributed by atoms with Crippen LogP contribution < -0.4 is 16.6 Å². The minimum atomic E-state index is -0.613. The predicted molar refractivity (Wildman–Crippen MR) is 116 cm³/mol. The Bertz CT molecular complexity index is 1250. The first-order chi connectivity index (χ1) is 15.4. The number of nitrogens with zero attached hydrogens (tertiary/aromatic N) is 4. The third kappa shape index (κ3) is 4.22. The second-order valence-corrected chi connectivity index (χ2v) is 7.92. The van der Waals surface area contributed by atoms with Crippen molar-refractivity contribution in [1.29, 1.82) is 0 Å². The third-order valence-electron chi connectivity index (χ3n) is 5.68. The maximum atomic E-state index is 13.3. The first-order valence-electron chi connectivity index (χ1n) is 10.7. The molecular formula is C22H26FN5O4. The molecule has 1 unspecified atom stereocenters. The summed E-state index contributed by atoms with van der Waals surface area (Å²) in [6, 6.07) is 5.59. The Kier molecular flexibility index (Phi) is 6.22. The highest BCUT2D eigenvalue weighted by molar-refractivity contribution is 5.81. The second kappa shape index (κ2) is 9.07. The number of hydrogen-bond donors (Lipinski definition) is 1. The first kappa shape index (κ1) is 21.9. The highest BCUT2D eigenvalue weighted by Gasteiger charge is 2.22. The molecule has 4 rings (SSSR count). The monoisotopic (exact) mass is 443 g/mol. The van der Waals surface area contributed by atoms with Crippen LogP contribution in [-0.4, -0.2) is 44.1 Å². The van der Waals surface area contributed by atoms with Crippen LogP contribution in [0.3, 0.4) is 0 Å². The maximum absolute atomic E-state index is 13.3. The molecule has 0 radical (unpaired) electrons. The highest BCUT2D eigenvalue weighted by atomic mass is 19.1. The van der Waals surface area contributed by atoms with Crippen molar-refractivity contribution in [2.24, 2.45) is 0 Å². The minimum Gasteiger partial charge on any atom is -0.376 e. The topological polar surface area (TPSA) is 100 Å². The summed E-state index contributed by atoms with van der Waals surface area (Å²) in [5.74, 6) is -0.754. The summed E-state index contributed by atoms with van der Waals surface area (Å²) in [7, 11) is 0. The Morgan fingerprint density at radius 1 is 1.22 bits per heavy atom. The standard InChI is InChI=1S/C22H26FN5O4/c1-3-28-20-19(14(2)25-28)26(13-18(29)24-11-17-5-4-10-32-17)22(31)27(21(20)30)12-15-6-8-16(23)9-7-15/h6-9,17H,3-5,10-13H2,1-2H3,(H,24,29). The Morgan fingerprint density at radius 2 is 1.97 bits per heavy atom. The molecule has 10 heteroatoms. The van der Waals surface area contributed by atoms with E-state index in [1.54, 1.807) is 6.92 Å². The number of nitrogens with one attached hydrogen (secondary N) is 1. The number of carbonyl (C=O) groups excluding carboxylic acids is 1. The molecule has 1 aromatic carbocycles. The van der Waals surface area contributed by atoms with Crippen LogP contribution in [0.25, 0.3) is 11.0 Å². The fraction of sp³-hybridized carbons (Fsp3) is 0.455. The summed E-state index contributed by atoms with van der Waals surface area (Å²) < 4.78 is 22.7. The third-order valence-corrected chi connectivity index (χ3v) is 5.68. The molecule has 32 heavy (non-hydrogen) atoms. The lowest BCUT2D eigenvalue weighted by atomic mass is 10.2. The molecule has 1 saturated heterocycles. The lowest BCUT2D eigenvalue weighted by molar-refractivity contribution is -0.122. The quantitative estimate of drug-likeness (QED) is 0.591. The summed E-state index contributed by atoms with van der Waals surface area (Å²) in [6.45, 7) is 4.75. The lowest BCUT2D eigenvalue weighted by Crippen LogP contribution is -2.44. The van der Waals surface area contributed by atoms with E-state index in [2.05, 4.69) is 10.4 Å². The van der Waals surface area contributed by atoms with E-state index >= 15 is 0 Å². The van der Waals surface area contributed by atoms with Crippen LogP contribution in [0, 0.1) is 12.7 Å². The van der Waals surface area contributed by atoms with Gasteiger partial charge in [-0.1, -0.05) is 12.1 Å². The Hall–Kier alpha value is -3.27. The molecule has 3 heterocycles. The van der Waals surface area contributed by atoms with Crippen LogP contribution in [0.5, 0.6) is 0 Å². The largest absolute Gasteiger partial charge is 0.376 e. The van der Waals surface area contributed by atoms with Gasteiger partial charge in [0.1, 0.15) is 17.9 Å². The van der Waals surface area contributed by atoms with E-state index in [9.17, 15) is 18.8 Å². The zero-order chi connectivity index (χ0) is 22.8. The molecule has 1 atom stereocenters. The zero-order valence-electron chi connectivity index (χ0n) is 18.1. The predicted octanol–water partition coefficient (Wildman–Crippen LogP) is 1.17. The van der Waals surface area contributed by atoms with Gasteiger partial charge in [-0.25, -0.2) is 9.18 Å². The van der Waals surface area contributed by atoms with Gasteiger partial charge >= 0.3 is 5.69 Å². The van der Waals surface area contributed by atoms with Crippen molar-refractivity contribution >= 4 is 16.9 Å². The molecule has 0 bridgehead atoms. The van der Waals surface area contributed by atoms with Gasteiger partial charge in [0, 0.05) is 19.7 Å². The summed E-state index contributed by atoms with van der Waals surface area (Å²) in [5.41, 5.74) is 0.601. The van der Waals surface area contributed by atoms with E-state index in [0.29, 0.717) is 36.5 Å². The van der Waals surface area contributed by atoms with Gasteiger partial charge in [0.05, 0.1) is 18.3 Å². The smallest absolute Gasteiger partial charge is 0.332 e. The summed E-state index contributed by atoms with van der Waals surface area (Å²) >= 11 is 0. The number of hydrogen-bond acceptors (Lipinski definition) is 5. The molecule has 0 aliphatic carbocycles. The molecule has 1 aliphatic rings. The molecule has 170 valence electrons. The number of ether oxygens (including phenoxy) is 1. The van der Waals surface area contributed by atoms with Crippen molar-refractivity contribution in [2.45, 2.75) is 52.4 Å². The Morgan fingerprint density at radius 3 is 2.62 bits per heavy atom. The number of benzene rings is 1. The van der Waals surface area contributed by atoms with Gasteiger partial charge in [0.2, 0.25) is 5.91 Å². The number of aromatic nitrogens is 4. The van der Waals surface area contributed by atoms with E-state index in [1.165, 1.54) is 33.5 Å². The van der Waals surface area contributed by atoms with Crippen molar-refractivity contribution < 1.29 is 13.9 Å². The number of amides is 1. The summed E-state index contributed by atoms with van der Waals surface area (Å²) in [4.78, 5) is 39.2. The summed E-state index contributed by atoms with van der Waals surface area (Å²) in [5, 5.41) is 7.20. The van der Waals surface area contributed by atoms with E-state index in [0.717, 1.165) is 17.4 Å². The van der Waals surface area contributed by atoms with Gasteiger partial charge in [0.25, 0.3) is 5.56 Å². The molecule has 0 spiro atoms. The molecule has 0 saturated carbocycles. The van der Waals surface area contributed by atoms with Crippen LogP contribution in [0.1, 0.15) is 31.0 Å². The van der Waals surface area contributed by atoms with Crippen molar-refractivity contribution in [2.75, 3.05) is 13.2 Å². The van der Waals surface area contributed by atoms with E-state index in [4.69, 9.17) is 4.74 Å². The van der Waals surface area contributed by atoms with Crippen LogP contribution in [0.15, 0.2) is 33.9 Å². The average Bonchev–Trinajstić information content (AvgIpc) is 3.41. The maximum Gasteiger partial charge on any atom is 0.332 e. The van der Waals surface area contributed by atoms with Crippen LogP contribution in [-0.2, 0) is 29.2 Å². The number of halogens is 1. The van der Waals surface area contributed by atoms with Gasteiger partial charge in [-0.05, 0) is 44.4 Å². The minimum absolute atomic E-state index is 0.0206. The number of rotatable bonds is 7. The average molecular weight is 443 g/mol. The molecule has 1 aliphatic heterocycles. The second-order valence-electron chi connectivity index (χ2n) is 7.92. The van der Waals surface area contributed by atoms with Gasteiger partial charge in [-0.2, -0.15) is 5.10 Å². The van der Waals surface area contributed by atoms with Crippen LogP contribution in [0.2, 0.25) is 0 Å². The van der Waals surface area contributed by atoms with Gasteiger partial charge < -0.3 is 10.1 Å². The van der Waals surface area contributed by atoms with E-state index < -0.39 is 17.1 Å². The molecule has 2 aromatic heterocycles. The van der Waals surface area contributed by atoms with E-state index in [1.807, 2.05) is 6.92 Å². The molecule has 1 amide bonds. The molecule has 9 nitrogen and oxygen atoms in total. The number of fused-ring (bicyclic) bond motifs is 1. The fourth-order valence-electron chi connectivity index (χ4n) is 4.08. The molecule has 1 N–H and O–H groups in total.